The summed E-state index contributed by atoms with van der Waals surface area (Å²) in [5.41, 5.74) is 0.855. The topological polar surface area (TPSA) is 64.4 Å². The minimum absolute atomic E-state index is 0.260. The first-order chi connectivity index (χ1) is 12.1. The van der Waals surface area contributed by atoms with Crippen LogP contribution >= 0.6 is 0 Å². The highest BCUT2D eigenvalue weighted by atomic mass is 16.5. The summed E-state index contributed by atoms with van der Waals surface area (Å²) < 4.78 is 7.62. The Morgan fingerprint density at radius 1 is 1.36 bits per heavy atom. The van der Waals surface area contributed by atoms with Crippen LogP contribution in [0.4, 0.5) is 0 Å². The number of carboxylic acids is 1. The second-order valence-corrected chi connectivity index (χ2v) is 5.37. The Labute approximate surface area is 149 Å². The minimum Gasteiger partial charge on any atom is -0.490 e. The molecule has 0 spiro atoms. The Balaban J connectivity index is 0.000000370. The van der Waals surface area contributed by atoms with Gasteiger partial charge < -0.3 is 14.4 Å². The third kappa shape index (κ3) is 8.55. The summed E-state index contributed by atoms with van der Waals surface area (Å²) in [6.07, 6.45) is 13.0. The Bertz CT molecular complexity index is 646. The summed E-state index contributed by atoms with van der Waals surface area (Å²) in [5.74, 6) is -0.105. The number of hydrogen-bond donors (Lipinski definition) is 1. The maximum absolute atomic E-state index is 10.4. The summed E-state index contributed by atoms with van der Waals surface area (Å²) in [5, 5.41) is 8.53. The number of nitrogens with zero attached hydrogens (tertiary/aromatic N) is 2. The van der Waals surface area contributed by atoms with Crippen LogP contribution in [0.2, 0.25) is 0 Å². The quantitative estimate of drug-likeness (QED) is 0.705. The zero-order chi connectivity index (χ0) is 18.5. The molecule has 25 heavy (non-hydrogen) atoms. The minimum atomic E-state index is -0.940. The van der Waals surface area contributed by atoms with Crippen molar-refractivity contribution in [1.29, 1.82) is 0 Å². The van der Waals surface area contributed by atoms with Crippen molar-refractivity contribution in [2.24, 2.45) is 0 Å². The predicted octanol–water partition coefficient (Wildman–Crippen LogP) is 4.73. The number of aliphatic carboxylic acids is 1. The average Bonchev–Trinajstić information content (AvgIpc) is 3.15. The van der Waals surface area contributed by atoms with E-state index in [1.165, 1.54) is 0 Å². The van der Waals surface area contributed by atoms with Gasteiger partial charge in [0.1, 0.15) is 5.75 Å². The Hall–Kier alpha value is -2.82. The third-order valence-corrected chi connectivity index (χ3v) is 3.40. The number of carboxylic acid groups (broad SMARTS) is 1. The molecule has 1 unspecified atom stereocenters. The molecular weight excluding hydrogens is 316 g/mol. The van der Waals surface area contributed by atoms with Crippen LogP contribution in [0.15, 0.2) is 55.6 Å². The summed E-state index contributed by atoms with van der Waals surface area (Å²) in [4.78, 5) is 14.2. The zero-order valence-corrected chi connectivity index (χ0v) is 14.8. The highest BCUT2D eigenvalue weighted by molar-refractivity contribution is 5.85. The SMILES string of the molecule is C=Cn1ccnc1.CCCC(CC)Oc1ccc(C=CC(=O)O)cc1. The molecule has 5 nitrogen and oxygen atoms in total. The Kier molecular flexibility index (Phi) is 9.45. The molecule has 0 saturated heterocycles. The van der Waals surface area contributed by atoms with Crippen LogP contribution in [0.25, 0.3) is 12.3 Å². The van der Waals surface area contributed by atoms with Crippen LogP contribution in [-0.4, -0.2) is 26.7 Å². The van der Waals surface area contributed by atoms with E-state index in [2.05, 4.69) is 25.4 Å². The van der Waals surface area contributed by atoms with Gasteiger partial charge in [0.25, 0.3) is 0 Å². The maximum Gasteiger partial charge on any atom is 0.328 e. The highest BCUT2D eigenvalue weighted by Gasteiger charge is 2.06. The van der Waals surface area contributed by atoms with Crippen LogP contribution in [0.1, 0.15) is 38.7 Å². The van der Waals surface area contributed by atoms with Gasteiger partial charge in [0.15, 0.2) is 0 Å². The van der Waals surface area contributed by atoms with Crippen molar-refractivity contribution in [3.63, 3.8) is 0 Å². The predicted molar refractivity (Wildman–Crippen MR) is 101 cm³/mol. The van der Waals surface area contributed by atoms with Crippen LogP contribution in [0, 0.1) is 0 Å². The first kappa shape index (κ1) is 20.2. The summed E-state index contributed by atoms with van der Waals surface area (Å²) >= 11 is 0. The monoisotopic (exact) mass is 342 g/mol. The van der Waals surface area contributed by atoms with Gasteiger partial charge in [-0.15, -0.1) is 0 Å². The smallest absolute Gasteiger partial charge is 0.328 e. The number of imidazole rings is 1. The van der Waals surface area contributed by atoms with Gasteiger partial charge in [-0.3, -0.25) is 0 Å². The van der Waals surface area contributed by atoms with Crippen molar-refractivity contribution in [2.75, 3.05) is 0 Å². The van der Waals surface area contributed by atoms with Gasteiger partial charge in [-0.25, -0.2) is 9.78 Å². The molecule has 0 amide bonds. The summed E-state index contributed by atoms with van der Waals surface area (Å²) in [6, 6.07) is 7.46. The molecule has 0 fully saturated rings. The van der Waals surface area contributed by atoms with Gasteiger partial charge in [-0.2, -0.15) is 0 Å². The van der Waals surface area contributed by atoms with E-state index in [4.69, 9.17) is 9.84 Å². The molecular formula is C20H26N2O3. The van der Waals surface area contributed by atoms with E-state index in [9.17, 15) is 4.79 Å². The molecule has 1 N–H and O–H groups in total. The molecule has 0 aliphatic carbocycles. The van der Waals surface area contributed by atoms with Crippen LogP contribution in [0.3, 0.4) is 0 Å². The summed E-state index contributed by atoms with van der Waals surface area (Å²) in [7, 11) is 0. The van der Waals surface area contributed by atoms with Gasteiger partial charge in [-0.1, -0.05) is 39.0 Å². The van der Waals surface area contributed by atoms with E-state index in [1.807, 2.05) is 30.5 Å². The molecule has 5 heteroatoms. The Morgan fingerprint density at radius 2 is 2.08 bits per heavy atom. The molecule has 1 aromatic carbocycles. The van der Waals surface area contributed by atoms with E-state index in [1.54, 1.807) is 29.4 Å². The van der Waals surface area contributed by atoms with E-state index in [0.717, 1.165) is 36.7 Å². The molecule has 0 saturated carbocycles. The number of benzene rings is 1. The fraction of sp³-hybridized carbons (Fsp3) is 0.300. The molecule has 0 aliphatic heterocycles. The van der Waals surface area contributed by atoms with Gasteiger partial charge in [0.05, 0.1) is 12.4 Å². The molecule has 1 atom stereocenters. The molecule has 0 radical (unpaired) electrons. The van der Waals surface area contributed by atoms with Gasteiger partial charge in [0, 0.05) is 24.7 Å². The second-order valence-electron chi connectivity index (χ2n) is 5.37. The zero-order valence-electron chi connectivity index (χ0n) is 14.8. The highest BCUT2D eigenvalue weighted by Crippen LogP contribution is 2.17. The normalized spacial score (nSPS) is 11.4. The number of carbonyl (C=O) groups is 1. The van der Waals surface area contributed by atoms with E-state index >= 15 is 0 Å². The van der Waals surface area contributed by atoms with Gasteiger partial charge >= 0.3 is 5.97 Å². The number of rotatable bonds is 8. The average molecular weight is 342 g/mol. The van der Waals surface area contributed by atoms with Crippen molar-refractivity contribution in [3.05, 3.63) is 61.2 Å². The summed E-state index contributed by atoms with van der Waals surface area (Å²) in [6.45, 7) is 7.79. The van der Waals surface area contributed by atoms with Crippen molar-refractivity contribution >= 4 is 18.2 Å². The standard InChI is InChI=1S/C15H20O3.C5H6N2/c1-3-5-13(4-2)18-14-9-6-12(7-10-14)8-11-15(16)17;1-2-7-4-3-6-5-7/h6-11,13H,3-5H2,1-2H3,(H,16,17);2-5H,1H2. The molecule has 0 bridgehead atoms. The fourth-order valence-electron chi connectivity index (χ4n) is 2.06. The molecule has 2 aromatic rings. The largest absolute Gasteiger partial charge is 0.490 e. The van der Waals surface area contributed by atoms with Gasteiger partial charge in [0.2, 0.25) is 0 Å². The first-order valence-corrected chi connectivity index (χ1v) is 8.36. The van der Waals surface area contributed by atoms with Gasteiger partial charge in [-0.05, 0) is 36.6 Å². The van der Waals surface area contributed by atoms with E-state index in [0.29, 0.717) is 0 Å². The lowest BCUT2D eigenvalue weighted by molar-refractivity contribution is -0.131. The maximum atomic E-state index is 10.4. The van der Waals surface area contributed by atoms with Crippen molar-refractivity contribution in [1.82, 2.24) is 9.55 Å². The molecule has 2 rings (SSSR count). The van der Waals surface area contributed by atoms with Crippen molar-refractivity contribution in [3.8, 4) is 5.75 Å². The molecule has 1 heterocycles. The van der Waals surface area contributed by atoms with Crippen molar-refractivity contribution < 1.29 is 14.6 Å². The first-order valence-electron chi connectivity index (χ1n) is 8.36. The van der Waals surface area contributed by atoms with Crippen molar-refractivity contribution in [2.45, 2.75) is 39.2 Å². The van der Waals surface area contributed by atoms with Crippen LogP contribution in [-0.2, 0) is 4.79 Å². The molecule has 134 valence electrons. The molecule has 0 aliphatic rings. The van der Waals surface area contributed by atoms with Crippen LogP contribution < -0.4 is 4.74 Å². The Morgan fingerprint density at radius 3 is 2.52 bits per heavy atom. The lowest BCUT2D eigenvalue weighted by Crippen LogP contribution is -2.14. The fourth-order valence-corrected chi connectivity index (χ4v) is 2.06. The third-order valence-electron chi connectivity index (χ3n) is 3.40. The lowest BCUT2D eigenvalue weighted by atomic mass is 10.1. The number of aromatic nitrogens is 2. The van der Waals surface area contributed by atoms with E-state index < -0.39 is 5.97 Å². The lowest BCUT2D eigenvalue weighted by Gasteiger charge is -2.16. The van der Waals surface area contributed by atoms with E-state index in [-0.39, 0.29) is 6.10 Å². The van der Waals surface area contributed by atoms with Crippen LogP contribution in [0.5, 0.6) is 5.75 Å². The number of hydrogen-bond acceptors (Lipinski definition) is 3. The molecule has 1 aromatic heterocycles. The number of ether oxygens (including phenoxy) is 1. The second kappa shape index (κ2) is 11.7.